The van der Waals surface area contributed by atoms with Gasteiger partial charge in [-0.05, 0) is 45.3 Å². The Morgan fingerprint density at radius 3 is 2.54 bits per heavy atom. The molecule has 1 aromatic heterocycles. The van der Waals surface area contributed by atoms with E-state index in [0.29, 0.717) is 0 Å². The molecule has 158 valence electrons. The number of ether oxygens (including phenoxy) is 2. The van der Waals surface area contributed by atoms with Crippen molar-refractivity contribution < 1.29 is 28.5 Å². The summed E-state index contributed by atoms with van der Waals surface area (Å²) in [6, 6.07) is 0.600. The van der Waals surface area contributed by atoms with E-state index >= 15 is 0 Å². The van der Waals surface area contributed by atoms with E-state index in [0.717, 1.165) is 0 Å². The van der Waals surface area contributed by atoms with Crippen molar-refractivity contribution >= 4 is 20.0 Å². The number of esters is 1. The predicted molar refractivity (Wildman–Crippen MR) is 102 cm³/mol. The zero-order valence-electron chi connectivity index (χ0n) is 16.6. The minimum atomic E-state index is -2.41. The Morgan fingerprint density at radius 1 is 1.36 bits per heavy atom. The summed E-state index contributed by atoms with van der Waals surface area (Å²) in [5.41, 5.74) is 4.84. The quantitative estimate of drug-likeness (QED) is 0.345. The van der Waals surface area contributed by atoms with Crippen LogP contribution in [0.2, 0.25) is 0 Å². The van der Waals surface area contributed by atoms with Crippen LogP contribution >= 0.6 is 8.18 Å². The Hall–Kier alpha value is -1.91. The molecule has 0 saturated heterocycles. The fourth-order valence-electron chi connectivity index (χ4n) is 2.04. The van der Waals surface area contributed by atoms with Crippen molar-refractivity contribution in [2.24, 2.45) is 0 Å². The molecule has 0 aliphatic carbocycles. The van der Waals surface area contributed by atoms with Crippen LogP contribution in [0.25, 0.3) is 0 Å². The van der Waals surface area contributed by atoms with Gasteiger partial charge < -0.3 is 20.3 Å². The molecule has 0 aromatic carbocycles. The normalized spacial score (nSPS) is 16.3. The van der Waals surface area contributed by atoms with Crippen molar-refractivity contribution in [2.45, 2.75) is 65.2 Å². The largest absolute Gasteiger partial charge is 0.613 e. The number of carbonyl (C=O) groups is 1. The number of aliphatic hydroxyl groups is 1. The molecule has 0 saturated carbocycles. The monoisotopic (exact) mass is 419 g/mol. The second-order valence-electron chi connectivity index (χ2n) is 6.45. The van der Waals surface area contributed by atoms with E-state index in [1.165, 1.54) is 30.7 Å². The number of nitrogens with two attached hydrogens (primary N) is 1. The van der Waals surface area contributed by atoms with Crippen LogP contribution in [0, 0.1) is 0 Å². The third-order valence-corrected chi connectivity index (χ3v) is 4.50. The van der Waals surface area contributed by atoms with Crippen LogP contribution in [0.15, 0.2) is 17.1 Å². The number of aromatic nitrogens is 2. The molecule has 28 heavy (non-hydrogen) atoms. The third kappa shape index (κ3) is 7.99. The number of aliphatic hydroxyl groups excluding tert-OH is 1. The van der Waals surface area contributed by atoms with Crippen LogP contribution in [-0.4, -0.2) is 51.6 Å². The first-order valence-corrected chi connectivity index (χ1v) is 9.94. The van der Waals surface area contributed by atoms with E-state index in [1.807, 2.05) is 0 Å². The molecule has 0 aliphatic rings. The number of anilines is 1. The molecular formula is C16H28N4O7P+. The van der Waals surface area contributed by atoms with Gasteiger partial charge in [-0.15, -0.1) is 4.52 Å². The summed E-state index contributed by atoms with van der Waals surface area (Å²) >= 11 is 0. The van der Waals surface area contributed by atoms with Gasteiger partial charge >= 0.3 is 19.8 Å². The van der Waals surface area contributed by atoms with Crippen LogP contribution in [0.1, 0.15) is 40.8 Å². The van der Waals surface area contributed by atoms with Gasteiger partial charge in [-0.1, -0.05) is 5.09 Å². The highest BCUT2D eigenvalue weighted by Crippen LogP contribution is 2.21. The predicted octanol–water partition coefficient (Wildman–Crippen LogP) is 0.714. The lowest BCUT2D eigenvalue weighted by Crippen LogP contribution is -2.37. The summed E-state index contributed by atoms with van der Waals surface area (Å²) in [5, 5.41) is 12.4. The van der Waals surface area contributed by atoms with E-state index in [1.54, 1.807) is 20.8 Å². The summed E-state index contributed by atoms with van der Waals surface area (Å²) in [6.07, 6.45) is -1.53. The highest BCUT2D eigenvalue weighted by molar-refractivity contribution is 7.36. The Balaban J connectivity index is 2.61. The van der Waals surface area contributed by atoms with Crippen LogP contribution < -0.4 is 16.5 Å². The fraction of sp³-hybridized carbons (Fsp3) is 0.688. The lowest BCUT2D eigenvalue weighted by Gasteiger charge is -2.23. The average molecular weight is 419 g/mol. The van der Waals surface area contributed by atoms with E-state index in [4.69, 9.17) is 19.7 Å². The summed E-state index contributed by atoms with van der Waals surface area (Å²) < 4.78 is 29.0. The van der Waals surface area contributed by atoms with Gasteiger partial charge in [-0.2, -0.15) is 4.98 Å². The highest BCUT2D eigenvalue weighted by atomic mass is 31.1. The molecule has 0 amide bonds. The van der Waals surface area contributed by atoms with Crippen LogP contribution in [0.5, 0.6) is 0 Å². The van der Waals surface area contributed by atoms with Crippen LogP contribution in [0.4, 0.5) is 5.82 Å². The first-order chi connectivity index (χ1) is 13.0. The van der Waals surface area contributed by atoms with E-state index in [-0.39, 0.29) is 18.5 Å². The molecule has 1 unspecified atom stereocenters. The maximum atomic E-state index is 12.0. The molecule has 0 bridgehead atoms. The summed E-state index contributed by atoms with van der Waals surface area (Å²) in [7, 11) is -2.41. The van der Waals surface area contributed by atoms with Crippen molar-refractivity contribution in [3.05, 3.63) is 22.7 Å². The van der Waals surface area contributed by atoms with Crippen molar-refractivity contribution in [3.8, 4) is 0 Å². The average Bonchev–Trinajstić information content (AvgIpc) is 2.57. The second kappa shape index (κ2) is 11.2. The van der Waals surface area contributed by atoms with E-state index in [2.05, 4.69) is 10.1 Å². The molecular weight excluding hydrogens is 391 g/mol. The van der Waals surface area contributed by atoms with Crippen LogP contribution in [-0.2, 0) is 23.4 Å². The SMILES string of the molecule is CC(C)OC(=O)[C@H](C)N[P+](=O)OC[C@@H](O[C@H](C)n1ccc(N)nc1=O)[C@H](C)O. The van der Waals surface area contributed by atoms with Crippen molar-refractivity contribution in [3.63, 3.8) is 0 Å². The molecule has 5 atom stereocenters. The van der Waals surface area contributed by atoms with E-state index < -0.39 is 44.3 Å². The molecule has 0 aliphatic heterocycles. The van der Waals surface area contributed by atoms with Crippen LogP contribution in [0.3, 0.4) is 0 Å². The van der Waals surface area contributed by atoms with Gasteiger partial charge in [0, 0.05) is 6.20 Å². The summed E-state index contributed by atoms with van der Waals surface area (Å²) in [4.78, 5) is 27.2. The van der Waals surface area contributed by atoms with Gasteiger partial charge in [0.2, 0.25) is 0 Å². The standard InChI is InChI=1S/C16H27N4O7P/c1-9(2)26-15(22)10(3)19-28(24)25-8-13(11(4)21)27-12(5)20-7-6-14(17)18-16(20)23/h6-7,9-13,21H,8H2,1-5H3,(H2-,17,18,19,23,24)/p+1/t10-,11-,12+,13+/m0/s1. The first-order valence-electron chi connectivity index (χ1n) is 8.76. The Bertz CT molecular complexity index is 725. The number of hydrogen-bond acceptors (Lipinski definition) is 9. The fourth-order valence-corrected chi connectivity index (χ4v) is 2.82. The Labute approximate surface area is 164 Å². The lowest BCUT2D eigenvalue weighted by molar-refractivity contribution is -0.149. The third-order valence-electron chi connectivity index (χ3n) is 3.51. The number of rotatable bonds is 11. The lowest BCUT2D eigenvalue weighted by atomic mass is 10.2. The van der Waals surface area contributed by atoms with Gasteiger partial charge in [-0.25, -0.2) is 4.79 Å². The Morgan fingerprint density at radius 2 is 2.00 bits per heavy atom. The molecule has 1 aromatic rings. The van der Waals surface area contributed by atoms with Gasteiger partial charge in [0.15, 0.2) is 0 Å². The summed E-state index contributed by atoms with van der Waals surface area (Å²) in [6.45, 7) is 7.70. The number of nitrogens with one attached hydrogen (secondary N) is 1. The van der Waals surface area contributed by atoms with E-state index in [9.17, 15) is 19.3 Å². The van der Waals surface area contributed by atoms with Gasteiger partial charge in [0.25, 0.3) is 0 Å². The minimum Gasteiger partial charge on any atom is -0.462 e. The topological polar surface area (TPSA) is 155 Å². The molecule has 12 heteroatoms. The minimum absolute atomic E-state index is 0.0806. The second-order valence-corrected chi connectivity index (χ2v) is 7.48. The molecule has 1 rings (SSSR count). The molecule has 4 N–H and O–H groups in total. The van der Waals surface area contributed by atoms with Crippen molar-refractivity contribution in [2.75, 3.05) is 12.3 Å². The highest BCUT2D eigenvalue weighted by Gasteiger charge is 2.31. The smallest absolute Gasteiger partial charge is 0.462 e. The Kier molecular flexibility index (Phi) is 9.63. The van der Waals surface area contributed by atoms with Gasteiger partial charge in [-0.3, -0.25) is 9.36 Å². The first kappa shape index (κ1) is 24.1. The molecule has 0 radical (unpaired) electrons. The van der Waals surface area contributed by atoms with Gasteiger partial charge in [0.1, 0.15) is 30.8 Å². The number of hydrogen-bond donors (Lipinski definition) is 3. The maximum absolute atomic E-state index is 12.0. The zero-order valence-corrected chi connectivity index (χ0v) is 17.5. The van der Waals surface area contributed by atoms with Crippen molar-refractivity contribution in [1.82, 2.24) is 14.6 Å². The molecule has 0 spiro atoms. The van der Waals surface area contributed by atoms with Gasteiger partial charge in [0.05, 0.1) is 12.2 Å². The number of carbonyl (C=O) groups excluding carboxylic acids is 1. The van der Waals surface area contributed by atoms with Crippen molar-refractivity contribution in [1.29, 1.82) is 0 Å². The zero-order chi connectivity index (χ0) is 21.4. The summed E-state index contributed by atoms with van der Waals surface area (Å²) in [5.74, 6) is -0.480. The number of nitrogen functional groups attached to an aromatic ring is 1. The maximum Gasteiger partial charge on any atom is 0.613 e. The molecule has 1 heterocycles. The number of nitrogens with zero attached hydrogens (tertiary/aromatic N) is 2. The molecule has 0 fully saturated rings. The molecule has 11 nitrogen and oxygen atoms in total.